The normalized spacial score (nSPS) is 10.3. The van der Waals surface area contributed by atoms with E-state index >= 15 is 0 Å². The summed E-state index contributed by atoms with van der Waals surface area (Å²) in [7, 11) is 2.68. The van der Waals surface area contributed by atoms with Gasteiger partial charge >= 0.3 is 0 Å². The summed E-state index contributed by atoms with van der Waals surface area (Å²) in [5.41, 5.74) is 1.22. The second kappa shape index (κ2) is 9.80. The van der Waals surface area contributed by atoms with Crippen LogP contribution in [0.3, 0.4) is 0 Å². The monoisotopic (exact) mass is 469 g/mol. The summed E-state index contributed by atoms with van der Waals surface area (Å²) in [6.45, 7) is 0. The Kier molecular flexibility index (Phi) is 6.46. The molecule has 9 nitrogen and oxygen atoms in total. The van der Waals surface area contributed by atoms with E-state index in [2.05, 4.69) is 11.4 Å². The number of nitro benzene ring substituents is 1. The lowest BCUT2D eigenvalue weighted by molar-refractivity contribution is -0.385. The molecule has 0 fully saturated rings. The van der Waals surface area contributed by atoms with E-state index in [1.807, 2.05) is 60.7 Å². The van der Waals surface area contributed by atoms with Gasteiger partial charge in [-0.3, -0.25) is 20.2 Å². The van der Waals surface area contributed by atoms with Gasteiger partial charge in [0.1, 0.15) is 23.0 Å². The van der Waals surface area contributed by atoms with Crippen LogP contribution >= 0.6 is 0 Å². The van der Waals surface area contributed by atoms with E-state index in [1.54, 1.807) is 0 Å². The van der Waals surface area contributed by atoms with Gasteiger partial charge in [0.05, 0.1) is 25.2 Å². The number of furan rings is 1. The molecule has 1 heterocycles. The van der Waals surface area contributed by atoms with E-state index in [-0.39, 0.29) is 28.5 Å². The van der Waals surface area contributed by atoms with Gasteiger partial charge in [-0.05, 0) is 5.56 Å². The highest BCUT2D eigenvalue weighted by Crippen LogP contribution is 2.42. The van der Waals surface area contributed by atoms with Crippen LogP contribution in [-0.2, 0) is 0 Å². The molecule has 1 N–H and O–H groups in total. The van der Waals surface area contributed by atoms with Crippen LogP contribution < -0.4 is 14.8 Å². The average molecular weight is 469 g/mol. The molecule has 0 spiro atoms. The smallest absolute Gasteiger partial charge is 0.286 e. The quantitative estimate of drug-likeness (QED) is 0.273. The maximum absolute atomic E-state index is 13.2. The summed E-state index contributed by atoms with van der Waals surface area (Å²) in [6.07, 6.45) is 0. The lowest BCUT2D eigenvalue weighted by Gasteiger charge is -2.10. The fourth-order valence-electron chi connectivity index (χ4n) is 3.67. The molecule has 3 aromatic carbocycles. The molecule has 0 unspecified atom stereocenters. The standard InChI is InChI=1S/C26H19N3O6/c1-33-21-13-18(20(29(31)32)14-22(21)34-2)25(30)28-26-19(15-27)23(16-9-5-3-6-10-16)24(35-26)17-11-7-4-8-12-17/h3-14H,1-2H3,(H,28,30). The Bertz CT molecular complexity index is 1440. The molecule has 0 aliphatic rings. The Balaban J connectivity index is 1.85. The Morgan fingerprint density at radius 1 is 0.971 bits per heavy atom. The van der Waals surface area contributed by atoms with Gasteiger partial charge in [0.25, 0.3) is 11.6 Å². The van der Waals surface area contributed by atoms with Gasteiger partial charge < -0.3 is 13.9 Å². The fraction of sp³-hybridized carbons (Fsp3) is 0.0769. The van der Waals surface area contributed by atoms with E-state index in [4.69, 9.17) is 13.9 Å². The van der Waals surface area contributed by atoms with E-state index in [0.29, 0.717) is 22.5 Å². The van der Waals surface area contributed by atoms with Crippen molar-refractivity contribution in [1.29, 1.82) is 5.26 Å². The van der Waals surface area contributed by atoms with Gasteiger partial charge in [0.2, 0.25) is 5.88 Å². The zero-order chi connectivity index (χ0) is 24.9. The molecule has 1 amide bonds. The van der Waals surface area contributed by atoms with Crippen LogP contribution in [0, 0.1) is 21.4 Å². The molecule has 4 aromatic rings. The van der Waals surface area contributed by atoms with Crippen LogP contribution in [0.15, 0.2) is 77.2 Å². The number of hydrogen-bond donors (Lipinski definition) is 1. The van der Waals surface area contributed by atoms with E-state index < -0.39 is 16.5 Å². The second-order valence-electron chi connectivity index (χ2n) is 7.29. The first-order valence-electron chi connectivity index (χ1n) is 10.4. The second-order valence-corrected chi connectivity index (χ2v) is 7.29. The fourth-order valence-corrected chi connectivity index (χ4v) is 3.67. The number of nitriles is 1. The van der Waals surface area contributed by atoms with Gasteiger partial charge in [-0.25, -0.2) is 0 Å². The molecule has 35 heavy (non-hydrogen) atoms. The molecule has 9 heteroatoms. The summed E-state index contributed by atoms with van der Waals surface area (Å²) < 4.78 is 16.3. The summed E-state index contributed by atoms with van der Waals surface area (Å²) in [5.74, 6) is -0.353. The van der Waals surface area contributed by atoms with Crippen LogP contribution in [0.1, 0.15) is 15.9 Å². The lowest BCUT2D eigenvalue weighted by atomic mass is 9.98. The van der Waals surface area contributed by atoms with E-state index in [9.17, 15) is 20.2 Å². The number of carbonyl (C=O) groups excluding carboxylic acids is 1. The van der Waals surface area contributed by atoms with Crippen molar-refractivity contribution in [3.63, 3.8) is 0 Å². The Labute approximate surface area is 200 Å². The number of benzene rings is 3. The topological polar surface area (TPSA) is 128 Å². The van der Waals surface area contributed by atoms with Gasteiger partial charge in [-0.15, -0.1) is 0 Å². The van der Waals surface area contributed by atoms with Gasteiger partial charge in [-0.1, -0.05) is 60.7 Å². The molecule has 0 bridgehead atoms. The number of hydrogen-bond acceptors (Lipinski definition) is 7. The maximum Gasteiger partial charge on any atom is 0.286 e. The van der Waals surface area contributed by atoms with Gasteiger partial charge in [0.15, 0.2) is 11.5 Å². The van der Waals surface area contributed by atoms with Gasteiger partial charge in [0, 0.05) is 17.2 Å². The molecule has 174 valence electrons. The third-order valence-electron chi connectivity index (χ3n) is 5.29. The number of amides is 1. The van der Waals surface area contributed by atoms with Crippen LogP contribution in [0.4, 0.5) is 11.6 Å². The van der Waals surface area contributed by atoms with Crippen molar-refractivity contribution in [2.75, 3.05) is 19.5 Å². The first-order chi connectivity index (χ1) is 17.0. The molecule has 0 aliphatic heterocycles. The third kappa shape index (κ3) is 4.41. The van der Waals surface area contributed by atoms with Crippen LogP contribution in [-0.4, -0.2) is 25.1 Å². The number of methoxy groups -OCH3 is 2. The molecule has 0 atom stereocenters. The molecular formula is C26H19N3O6. The number of ether oxygens (including phenoxy) is 2. The molecule has 0 saturated carbocycles. The average Bonchev–Trinajstić information content (AvgIpc) is 3.26. The van der Waals surface area contributed by atoms with Crippen LogP contribution in [0.5, 0.6) is 11.5 Å². The SMILES string of the molecule is COc1cc(C(=O)Nc2oc(-c3ccccc3)c(-c3ccccc3)c2C#N)c([N+](=O)[O-])cc1OC. The highest BCUT2D eigenvalue weighted by Gasteiger charge is 2.28. The number of nitrogens with one attached hydrogen (secondary N) is 1. The Morgan fingerprint density at radius 3 is 2.09 bits per heavy atom. The van der Waals surface area contributed by atoms with Crippen molar-refractivity contribution in [2.45, 2.75) is 0 Å². The van der Waals surface area contributed by atoms with Crippen molar-refractivity contribution in [3.8, 4) is 40.0 Å². The van der Waals surface area contributed by atoms with Crippen molar-refractivity contribution in [2.24, 2.45) is 0 Å². The maximum atomic E-state index is 13.2. The number of anilines is 1. The zero-order valence-electron chi connectivity index (χ0n) is 18.8. The predicted octanol–water partition coefficient (Wildman–Crippen LogP) is 5.66. The van der Waals surface area contributed by atoms with Crippen molar-refractivity contribution in [3.05, 3.63) is 94.0 Å². The molecule has 0 saturated heterocycles. The van der Waals surface area contributed by atoms with E-state index in [1.165, 1.54) is 20.3 Å². The minimum absolute atomic E-state index is 0.0894. The first-order valence-corrected chi connectivity index (χ1v) is 10.4. The molecule has 1 aromatic heterocycles. The minimum atomic E-state index is -0.845. The number of carbonyl (C=O) groups is 1. The molecular weight excluding hydrogens is 450 g/mol. The number of rotatable bonds is 7. The summed E-state index contributed by atoms with van der Waals surface area (Å²) in [5, 5.41) is 24.2. The molecule has 0 radical (unpaired) electrons. The Morgan fingerprint density at radius 2 is 1.54 bits per heavy atom. The summed E-state index contributed by atoms with van der Waals surface area (Å²) >= 11 is 0. The third-order valence-corrected chi connectivity index (χ3v) is 5.29. The minimum Gasteiger partial charge on any atom is -0.493 e. The summed E-state index contributed by atoms with van der Waals surface area (Å²) in [6, 6.07) is 22.7. The van der Waals surface area contributed by atoms with Crippen molar-refractivity contribution in [1.82, 2.24) is 0 Å². The first kappa shape index (κ1) is 23.1. The van der Waals surface area contributed by atoms with Crippen molar-refractivity contribution >= 4 is 17.5 Å². The largest absolute Gasteiger partial charge is 0.493 e. The lowest BCUT2D eigenvalue weighted by Crippen LogP contribution is -2.14. The van der Waals surface area contributed by atoms with E-state index in [0.717, 1.165) is 6.07 Å². The predicted molar refractivity (Wildman–Crippen MR) is 128 cm³/mol. The summed E-state index contributed by atoms with van der Waals surface area (Å²) in [4.78, 5) is 24.1. The number of nitrogens with zero attached hydrogens (tertiary/aromatic N) is 2. The van der Waals surface area contributed by atoms with Crippen molar-refractivity contribution < 1.29 is 23.6 Å². The molecule has 4 rings (SSSR count). The van der Waals surface area contributed by atoms with Gasteiger partial charge in [-0.2, -0.15) is 5.26 Å². The highest BCUT2D eigenvalue weighted by atomic mass is 16.6. The Hall–Kier alpha value is -5.10. The van der Waals surface area contributed by atoms with Crippen LogP contribution in [0.25, 0.3) is 22.5 Å². The zero-order valence-corrected chi connectivity index (χ0v) is 18.8. The molecule has 0 aliphatic carbocycles. The highest BCUT2D eigenvalue weighted by molar-refractivity contribution is 6.08. The number of nitro groups is 1. The van der Waals surface area contributed by atoms with Crippen LogP contribution in [0.2, 0.25) is 0 Å².